The second-order valence-corrected chi connectivity index (χ2v) is 22.6. The SMILES string of the molecule is N#Cc1ccc(-n2c3ccccc3c3c(-n4c5ccccc5c5ccccc54)cccc32)c(-c2cc(-n3c4ccccc4c4c(-n5c6ccccc6c6ccccc65)cccc43)cc(C34CC5CC(CC(C5)C3)C4)c2)c1. The van der Waals surface area contributed by atoms with Crippen LogP contribution in [-0.2, 0) is 5.41 Å². The molecule has 76 heavy (non-hydrogen) atoms. The van der Waals surface area contributed by atoms with Gasteiger partial charge in [-0.2, -0.15) is 5.26 Å². The van der Waals surface area contributed by atoms with Crippen molar-refractivity contribution in [2.24, 2.45) is 17.8 Å². The van der Waals surface area contributed by atoms with Crippen molar-refractivity contribution in [3.63, 3.8) is 0 Å². The Morgan fingerprint density at radius 2 is 0.750 bits per heavy atom. The summed E-state index contributed by atoms with van der Waals surface area (Å²) in [4.78, 5) is 0. The molecule has 4 fully saturated rings. The van der Waals surface area contributed by atoms with E-state index in [-0.39, 0.29) is 5.41 Å². The lowest BCUT2D eigenvalue weighted by molar-refractivity contribution is -0.00517. The van der Waals surface area contributed by atoms with Crippen LogP contribution in [-0.4, -0.2) is 18.3 Å². The van der Waals surface area contributed by atoms with Gasteiger partial charge in [0.15, 0.2) is 0 Å². The number of nitriles is 1. The molecule has 0 N–H and O–H groups in total. The van der Waals surface area contributed by atoms with Crippen LogP contribution in [0.4, 0.5) is 0 Å². The fourth-order valence-electron chi connectivity index (χ4n) is 16.0. The molecule has 4 saturated carbocycles. The molecule has 4 aliphatic rings. The van der Waals surface area contributed by atoms with Gasteiger partial charge in [0.1, 0.15) is 0 Å². The highest BCUT2D eigenvalue weighted by atomic mass is 15.0. The maximum Gasteiger partial charge on any atom is 0.0991 e. The summed E-state index contributed by atoms with van der Waals surface area (Å²) < 4.78 is 9.98. The van der Waals surface area contributed by atoms with Gasteiger partial charge in [-0.05, 0) is 164 Å². The third kappa shape index (κ3) is 5.84. The molecule has 0 unspecified atom stereocenters. The molecule has 5 heteroatoms. The second-order valence-electron chi connectivity index (χ2n) is 22.6. The number of hydrogen-bond acceptors (Lipinski definition) is 1. The molecule has 4 heterocycles. The van der Waals surface area contributed by atoms with Crippen LogP contribution >= 0.6 is 0 Å². The minimum atomic E-state index is 0.101. The number of rotatable bonds is 6. The molecule has 14 aromatic rings. The van der Waals surface area contributed by atoms with Gasteiger partial charge < -0.3 is 18.3 Å². The van der Waals surface area contributed by atoms with Gasteiger partial charge in [-0.3, -0.25) is 0 Å². The fraction of sp³-hybridized carbons (Fsp3) is 0.141. The third-order valence-corrected chi connectivity index (χ3v) is 18.5. The summed E-state index contributed by atoms with van der Waals surface area (Å²) in [6.45, 7) is 0. The van der Waals surface area contributed by atoms with Crippen LogP contribution in [0.25, 0.3) is 121 Å². The maximum atomic E-state index is 10.8. The van der Waals surface area contributed by atoms with E-state index in [1.807, 2.05) is 6.07 Å². The summed E-state index contributed by atoms with van der Waals surface area (Å²) in [6, 6.07) is 83.5. The van der Waals surface area contributed by atoms with Crippen LogP contribution < -0.4 is 0 Å². The van der Waals surface area contributed by atoms with E-state index < -0.39 is 0 Å². The Kier molecular flexibility index (Phi) is 8.74. The Hall–Kier alpha value is -9.11. The van der Waals surface area contributed by atoms with E-state index in [1.165, 1.54) is 126 Å². The van der Waals surface area contributed by atoms with Gasteiger partial charge in [-0.25, -0.2) is 0 Å². The minimum absolute atomic E-state index is 0.101. The molecule has 0 spiro atoms. The lowest BCUT2D eigenvalue weighted by atomic mass is 9.48. The summed E-state index contributed by atoms with van der Waals surface area (Å²) in [5, 5.41) is 20.7. The molecule has 4 aliphatic carbocycles. The number of nitrogens with zero attached hydrogens (tertiary/aromatic N) is 5. The van der Waals surface area contributed by atoms with Crippen molar-refractivity contribution in [3.05, 3.63) is 230 Å². The van der Waals surface area contributed by atoms with Crippen LogP contribution in [0.2, 0.25) is 0 Å². The van der Waals surface area contributed by atoms with Gasteiger partial charge in [0.2, 0.25) is 0 Å². The Balaban J connectivity index is 0.946. The van der Waals surface area contributed by atoms with E-state index in [9.17, 15) is 5.26 Å². The summed E-state index contributed by atoms with van der Waals surface area (Å²) in [5.41, 5.74) is 18.4. The molecule has 0 amide bonds. The zero-order valence-electron chi connectivity index (χ0n) is 42.0. The van der Waals surface area contributed by atoms with Crippen molar-refractivity contribution in [2.45, 2.75) is 43.9 Å². The van der Waals surface area contributed by atoms with Gasteiger partial charge in [0, 0.05) is 54.3 Å². The standard InChI is InChI=1S/C71H51N5/c72-43-44-31-32-64(76-63-26-12-6-20-56(63)70-67(29-14-30-68(70)76)75-60-23-9-3-17-53(60)54-18-4-10-24-61(54)75)57(36-44)48-37-49(71-40-45-33-46(41-71)35-47(34-45)42-71)39-50(38-48)73-62-25-11-5-19-55(62)69-65(73)27-13-28-66(69)74-58-21-7-1-15-51(58)52-16-2-8-22-59(52)74/h1-32,36-39,45-47H,33-35,40-42H2. The molecular weight excluding hydrogens is 923 g/mol. The normalized spacial score (nSPS) is 19.2. The fourth-order valence-corrected chi connectivity index (χ4v) is 16.0. The molecule has 0 saturated heterocycles. The number of para-hydroxylation sites is 6. The van der Waals surface area contributed by atoms with E-state index in [2.05, 4.69) is 237 Å². The van der Waals surface area contributed by atoms with Gasteiger partial charge in [-0.1, -0.05) is 127 Å². The first-order valence-electron chi connectivity index (χ1n) is 27.3. The highest BCUT2D eigenvalue weighted by Crippen LogP contribution is 2.61. The summed E-state index contributed by atoms with van der Waals surface area (Å²) in [6.07, 6.45) is 7.87. The smallest absolute Gasteiger partial charge is 0.0991 e. The monoisotopic (exact) mass is 973 g/mol. The van der Waals surface area contributed by atoms with Crippen molar-refractivity contribution in [1.29, 1.82) is 5.26 Å². The van der Waals surface area contributed by atoms with E-state index in [0.717, 1.165) is 57.0 Å². The minimum Gasteiger partial charge on any atom is -0.309 e. The van der Waals surface area contributed by atoms with Gasteiger partial charge in [0.25, 0.3) is 0 Å². The molecule has 0 aliphatic heterocycles. The van der Waals surface area contributed by atoms with Crippen LogP contribution in [0, 0.1) is 29.1 Å². The van der Waals surface area contributed by atoms with E-state index >= 15 is 0 Å². The van der Waals surface area contributed by atoms with Gasteiger partial charge in [-0.15, -0.1) is 0 Å². The van der Waals surface area contributed by atoms with Crippen molar-refractivity contribution >= 4 is 87.2 Å². The van der Waals surface area contributed by atoms with Crippen molar-refractivity contribution in [3.8, 4) is 39.9 Å². The second kappa shape index (κ2) is 15.7. The van der Waals surface area contributed by atoms with Crippen LogP contribution in [0.15, 0.2) is 218 Å². The van der Waals surface area contributed by atoms with E-state index in [4.69, 9.17) is 0 Å². The largest absolute Gasteiger partial charge is 0.309 e. The lowest BCUT2D eigenvalue weighted by Crippen LogP contribution is -2.48. The molecular formula is C71H51N5. The Labute approximate surface area is 439 Å². The predicted octanol–water partition coefficient (Wildman–Crippen LogP) is 18.1. The molecule has 0 radical (unpaired) electrons. The van der Waals surface area contributed by atoms with Gasteiger partial charge >= 0.3 is 0 Å². The number of fused-ring (bicyclic) bond motifs is 12. The van der Waals surface area contributed by atoms with E-state index in [1.54, 1.807) is 0 Å². The predicted molar refractivity (Wildman–Crippen MR) is 314 cm³/mol. The molecule has 5 nitrogen and oxygen atoms in total. The molecule has 10 aromatic carbocycles. The van der Waals surface area contributed by atoms with Crippen molar-refractivity contribution in [1.82, 2.24) is 18.3 Å². The summed E-state index contributed by atoms with van der Waals surface area (Å²) >= 11 is 0. The molecule has 0 atom stereocenters. The first-order chi connectivity index (χ1) is 37.6. The van der Waals surface area contributed by atoms with Gasteiger partial charge in [0.05, 0.1) is 72.8 Å². The molecule has 18 rings (SSSR count). The number of aromatic nitrogens is 4. The zero-order valence-corrected chi connectivity index (χ0v) is 42.0. The zero-order chi connectivity index (χ0) is 49.8. The highest BCUT2D eigenvalue weighted by molar-refractivity contribution is 6.18. The highest BCUT2D eigenvalue weighted by Gasteiger charge is 2.52. The average molecular weight is 974 g/mol. The quantitative estimate of drug-likeness (QED) is 0.164. The Bertz CT molecular complexity index is 4690. The lowest BCUT2D eigenvalue weighted by Gasteiger charge is -2.57. The van der Waals surface area contributed by atoms with Crippen molar-refractivity contribution in [2.75, 3.05) is 0 Å². The number of benzene rings is 10. The Morgan fingerprint density at radius 3 is 1.22 bits per heavy atom. The first-order valence-corrected chi connectivity index (χ1v) is 27.3. The van der Waals surface area contributed by atoms with Crippen LogP contribution in [0.3, 0.4) is 0 Å². The first kappa shape index (κ1) is 42.3. The third-order valence-electron chi connectivity index (χ3n) is 18.5. The van der Waals surface area contributed by atoms with E-state index in [0.29, 0.717) is 5.56 Å². The van der Waals surface area contributed by atoms with Crippen LogP contribution in [0.1, 0.15) is 49.7 Å². The average Bonchev–Trinajstić information content (AvgIpc) is 4.29. The number of hydrogen-bond donors (Lipinski definition) is 0. The molecule has 4 bridgehead atoms. The maximum absolute atomic E-state index is 10.8. The summed E-state index contributed by atoms with van der Waals surface area (Å²) in [5.74, 6) is 2.33. The van der Waals surface area contributed by atoms with Crippen LogP contribution in [0.5, 0.6) is 0 Å². The summed E-state index contributed by atoms with van der Waals surface area (Å²) in [7, 11) is 0. The molecule has 360 valence electrons. The topological polar surface area (TPSA) is 43.5 Å². The van der Waals surface area contributed by atoms with Crippen molar-refractivity contribution < 1.29 is 0 Å². The molecule has 4 aromatic heterocycles. The Morgan fingerprint density at radius 1 is 0.355 bits per heavy atom.